The van der Waals surface area contributed by atoms with Crippen molar-refractivity contribution < 1.29 is 33.8 Å². The molecule has 0 saturated carbocycles. The molecule has 1 unspecified atom stereocenters. The topological polar surface area (TPSA) is 142 Å². The van der Waals surface area contributed by atoms with Crippen LogP contribution >= 0.6 is 0 Å². The lowest BCUT2D eigenvalue weighted by Gasteiger charge is -2.35. The third-order valence-electron chi connectivity index (χ3n) is 5.47. The van der Waals surface area contributed by atoms with Gasteiger partial charge in [-0.15, -0.1) is 0 Å². The number of aldehydes is 1. The third kappa shape index (κ3) is 6.77. The molecule has 1 saturated heterocycles. The molecule has 0 aliphatic carbocycles. The lowest BCUT2D eigenvalue weighted by Crippen LogP contribution is -2.58. The molecule has 1 aromatic carbocycles. The zero-order valence-electron chi connectivity index (χ0n) is 19.3. The van der Waals surface area contributed by atoms with Gasteiger partial charge in [0.05, 0.1) is 19.6 Å². The molecule has 1 fully saturated rings. The Morgan fingerprint density at radius 3 is 2.33 bits per heavy atom. The van der Waals surface area contributed by atoms with E-state index >= 15 is 0 Å². The smallest absolute Gasteiger partial charge is 0.305 e. The number of aliphatic carboxylic acids is 1. The van der Waals surface area contributed by atoms with E-state index in [4.69, 9.17) is 9.84 Å². The number of likely N-dealkylation sites (tertiary alicyclic amines) is 1. The van der Waals surface area contributed by atoms with Crippen molar-refractivity contribution in [3.63, 3.8) is 0 Å². The van der Waals surface area contributed by atoms with Crippen LogP contribution < -0.4 is 15.4 Å². The molecule has 0 radical (unpaired) electrons. The number of methoxy groups -OCH3 is 1. The summed E-state index contributed by atoms with van der Waals surface area (Å²) in [6, 6.07) is 3.52. The van der Waals surface area contributed by atoms with Crippen LogP contribution in [0.1, 0.15) is 50.4 Å². The molecular formula is C23H31N3O7. The maximum Gasteiger partial charge on any atom is 0.305 e. The molecule has 0 aromatic heterocycles. The standard InChI is InChI=1S/C23H31N3O7/c1-23(2,3)19(25-20(30)14-7-9-16(33-4)10-8-14)22(32)26-11-5-6-17(26)21(31)24-15(13-27)12-18(28)29/h7-10,13,15,17,19H,5-6,11-12H2,1-4H3,(H,24,31)(H,25,30)(H,28,29)/t15-,17?,19+/m0/s1. The number of benzene rings is 1. The molecule has 180 valence electrons. The van der Waals surface area contributed by atoms with Gasteiger partial charge in [-0.05, 0) is 42.5 Å². The van der Waals surface area contributed by atoms with Gasteiger partial charge in [0.25, 0.3) is 5.91 Å². The van der Waals surface area contributed by atoms with Gasteiger partial charge in [0.15, 0.2) is 0 Å². The zero-order chi connectivity index (χ0) is 24.8. The summed E-state index contributed by atoms with van der Waals surface area (Å²) in [6.07, 6.45) is 0.760. The van der Waals surface area contributed by atoms with E-state index in [0.717, 1.165) is 0 Å². The Labute approximate surface area is 192 Å². The zero-order valence-corrected chi connectivity index (χ0v) is 19.3. The second-order valence-electron chi connectivity index (χ2n) is 9.04. The number of hydrogen-bond donors (Lipinski definition) is 3. The Morgan fingerprint density at radius 2 is 1.82 bits per heavy atom. The van der Waals surface area contributed by atoms with Crippen molar-refractivity contribution in [2.45, 2.75) is 58.2 Å². The van der Waals surface area contributed by atoms with Crippen LogP contribution in [0, 0.1) is 5.41 Å². The molecule has 1 aliphatic heterocycles. The second-order valence-corrected chi connectivity index (χ2v) is 9.04. The number of nitrogens with one attached hydrogen (secondary N) is 2. The predicted molar refractivity (Wildman–Crippen MR) is 119 cm³/mol. The summed E-state index contributed by atoms with van der Waals surface area (Å²) in [5.74, 6) is -2.07. The molecule has 33 heavy (non-hydrogen) atoms. The summed E-state index contributed by atoms with van der Waals surface area (Å²) >= 11 is 0. The van der Waals surface area contributed by atoms with Gasteiger partial charge in [0, 0.05) is 12.1 Å². The van der Waals surface area contributed by atoms with Gasteiger partial charge in [-0.1, -0.05) is 20.8 Å². The third-order valence-corrected chi connectivity index (χ3v) is 5.47. The van der Waals surface area contributed by atoms with Crippen LogP contribution in [0.3, 0.4) is 0 Å². The molecule has 0 bridgehead atoms. The molecule has 1 aliphatic rings. The lowest BCUT2D eigenvalue weighted by molar-refractivity contribution is -0.143. The van der Waals surface area contributed by atoms with Crippen molar-refractivity contribution in [3.05, 3.63) is 29.8 Å². The Bertz CT molecular complexity index is 892. The van der Waals surface area contributed by atoms with E-state index in [2.05, 4.69) is 10.6 Å². The molecule has 1 aromatic rings. The first-order valence-corrected chi connectivity index (χ1v) is 10.7. The average molecular weight is 462 g/mol. The van der Waals surface area contributed by atoms with Gasteiger partial charge in [-0.3, -0.25) is 19.2 Å². The molecule has 2 rings (SSSR count). The van der Waals surface area contributed by atoms with Crippen molar-refractivity contribution in [1.29, 1.82) is 0 Å². The highest BCUT2D eigenvalue weighted by Gasteiger charge is 2.42. The molecule has 0 spiro atoms. The van der Waals surface area contributed by atoms with Gasteiger partial charge < -0.3 is 30.2 Å². The highest BCUT2D eigenvalue weighted by molar-refractivity contribution is 5.99. The van der Waals surface area contributed by atoms with E-state index in [-0.39, 0.29) is 0 Å². The van der Waals surface area contributed by atoms with Gasteiger partial charge in [0.1, 0.15) is 24.1 Å². The van der Waals surface area contributed by atoms with Crippen LogP contribution in [0.4, 0.5) is 0 Å². The van der Waals surface area contributed by atoms with E-state index in [1.165, 1.54) is 12.0 Å². The van der Waals surface area contributed by atoms with E-state index < -0.39 is 53.7 Å². The Morgan fingerprint density at radius 1 is 1.18 bits per heavy atom. The highest BCUT2D eigenvalue weighted by Crippen LogP contribution is 2.26. The first-order chi connectivity index (χ1) is 15.5. The van der Waals surface area contributed by atoms with Gasteiger partial charge in [-0.25, -0.2) is 0 Å². The summed E-state index contributed by atoms with van der Waals surface area (Å²) in [5, 5.41) is 14.1. The van der Waals surface area contributed by atoms with Crippen molar-refractivity contribution in [1.82, 2.24) is 15.5 Å². The number of carboxylic acid groups (broad SMARTS) is 1. The van der Waals surface area contributed by atoms with Crippen molar-refractivity contribution in [3.8, 4) is 5.75 Å². The van der Waals surface area contributed by atoms with Crippen molar-refractivity contribution in [2.75, 3.05) is 13.7 Å². The first kappa shape index (κ1) is 25.8. The van der Waals surface area contributed by atoms with Crippen LogP contribution in [-0.2, 0) is 19.2 Å². The Hall–Kier alpha value is -3.43. The number of nitrogens with zero attached hydrogens (tertiary/aromatic N) is 1. The van der Waals surface area contributed by atoms with Crippen LogP contribution in [0.25, 0.3) is 0 Å². The number of hydrogen-bond acceptors (Lipinski definition) is 6. The monoisotopic (exact) mass is 461 g/mol. The molecule has 3 atom stereocenters. The average Bonchev–Trinajstić information content (AvgIpc) is 3.25. The largest absolute Gasteiger partial charge is 0.497 e. The lowest BCUT2D eigenvalue weighted by atomic mass is 9.85. The molecular weight excluding hydrogens is 430 g/mol. The number of ether oxygens (including phenoxy) is 1. The molecule has 10 nitrogen and oxygen atoms in total. The number of carboxylic acids is 1. The van der Waals surface area contributed by atoms with Crippen LogP contribution in [0.2, 0.25) is 0 Å². The van der Waals surface area contributed by atoms with Crippen LogP contribution in [0.15, 0.2) is 24.3 Å². The number of carbonyl (C=O) groups excluding carboxylic acids is 4. The van der Waals surface area contributed by atoms with Crippen molar-refractivity contribution in [2.24, 2.45) is 5.41 Å². The van der Waals surface area contributed by atoms with Gasteiger partial charge >= 0.3 is 5.97 Å². The fourth-order valence-corrected chi connectivity index (χ4v) is 3.67. The number of rotatable bonds is 9. The summed E-state index contributed by atoms with van der Waals surface area (Å²) in [5.41, 5.74) is -0.298. The fourth-order valence-electron chi connectivity index (χ4n) is 3.67. The minimum Gasteiger partial charge on any atom is -0.497 e. The minimum absolute atomic E-state index is 0.312. The van der Waals surface area contributed by atoms with Crippen molar-refractivity contribution >= 4 is 30.0 Å². The Balaban J connectivity index is 2.18. The normalized spacial score (nSPS) is 17.6. The van der Waals surface area contributed by atoms with E-state index in [0.29, 0.717) is 37.0 Å². The fraction of sp³-hybridized carbons (Fsp3) is 0.522. The van der Waals surface area contributed by atoms with E-state index in [9.17, 15) is 24.0 Å². The first-order valence-electron chi connectivity index (χ1n) is 10.7. The second kappa shape index (κ2) is 10.9. The quantitative estimate of drug-likeness (QED) is 0.466. The maximum atomic E-state index is 13.5. The van der Waals surface area contributed by atoms with E-state index in [1.54, 1.807) is 24.3 Å². The minimum atomic E-state index is -1.22. The van der Waals surface area contributed by atoms with Crippen LogP contribution in [0.5, 0.6) is 5.75 Å². The summed E-state index contributed by atoms with van der Waals surface area (Å²) in [6.45, 7) is 5.74. The number of amides is 3. The molecule has 1 heterocycles. The summed E-state index contributed by atoms with van der Waals surface area (Å²) < 4.78 is 5.10. The molecule has 10 heteroatoms. The maximum absolute atomic E-state index is 13.5. The van der Waals surface area contributed by atoms with E-state index in [1.807, 2.05) is 20.8 Å². The van der Waals surface area contributed by atoms with Gasteiger partial charge in [-0.2, -0.15) is 0 Å². The highest BCUT2D eigenvalue weighted by atomic mass is 16.5. The van der Waals surface area contributed by atoms with Crippen LogP contribution in [-0.4, -0.2) is 71.8 Å². The van der Waals surface area contributed by atoms with Gasteiger partial charge in [0.2, 0.25) is 11.8 Å². The predicted octanol–water partition coefficient (Wildman–Crippen LogP) is 0.989. The SMILES string of the molecule is COc1ccc(C(=O)N[C@H](C(=O)N2CCCC2C(=O)N[C@H](C=O)CC(=O)O)C(C)(C)C)cc1. The molecule has 3 N–H and O–H groups in total. The summed E-state index contributed by atoms with van der Waals surface area (Å²) in [7, 11) is 1.52. The summed E-state index contributed by atoms with van der Waals surface area (Å²) in [4.78, 5) is 62.4. The number of carbonyl (C=O) groups is 5. The Kier molecular flexibility index (Phi) is 8.56. The molecule has 3 amide bonds.